The van der Waals surface area contributed by atoms with Crippen molar-refractivity contribution in [2.75, 3.05) is 18.1 Å². The molecule has 2 amide bonds. The molecule has 0 aromatic heterocycles. The highest BCUT2D eigenvalue weighted by Gasteiger charge is 2.27. The molecule has 0 unspecified atom stereocenters. The summed E-state index contributed by atoms with van der Waals surface area (Å²) in [6.45, 7) is 4.61. The average molecular weight is 403 g/mol. The van der Waals surface area contributed by atoms with Crippen LogP contribution < -0.4 is 15.0 Å². The molecule has 148 valence electrons. The summed E-state index contributed by atoms with van der Waals surface area (Å²) in [5, 5.41) is 3.35. The van der Waals surface area contributed by atoms with E-state index in [0.29, 0.717) is 29.6 Å². The molecule has 0 saturated heterocycles. The standard InChI is InChI=1S/C21H23ClN2O4/c1-14(2)27-12-16-6-4-3-5-15(16)10-23-20(25)11-24-18-9-17(22)7-8-19(18)28-13-21(24)26/h3-9,14H,10-13H2,1-2H3,(H,23,25). The van der Waals surface area contributed by atoms with Crippen molar-refractivity contribution in [2.24, 2.45) is 0 Å². The van der Waals surface area contributed by atoms with Gasteiger partial charge in [-0.1, -0.05) is 35.9 Å². The highest BCUT2D eigenvalue weighted by molar-refractivity contribution is 6.31. The van der Waals surface area contributed by atoms with Crippen LogP contribution in [0.4, 0.5) is 5.69 Å². The van der Waals surface area contributed by atoms with E-state index in [2.05, 4.69) is 5.32 Å². The number of ether oxygens (including phenoxy) is 2. The zero-order valence-corrected chi connectivity index (χ0v) is 16.7. The average Bonchev–Trinajstić information content (AvgIpc) is 2.67. The first kappa shape index (κ1) is 20.2. The van der Waals surface area contributed by atoms with E-state index in [1.165, 1.54) is 4.90 Å². The molecule has 0 spiro atoms. The Balaban J connectivity index is 1.64. The Bertz CT molecular complexity index is 869. The SMILES string of the molecule is CC(C)OCc1ccccc1CNC(=O)CN1C(=O)COc2ccc(Cl)cc21. The Hall–Kier alpha value is -2.57. The normalized spacial score (nSPS) is 13.3. The summed E-state index contributed by atoms with van der Waals surface area (Å²) in [6, 6.07) is 12.8. The first-order valence-corrected chi connectivity index (χ1v) is 9.49. The van der Waals surface area contributed by atoms with Crippen LogP contribution in [0.3, 0.4) is 0 Å². The van der Waals surface area contributed by atoms with Crippen LogP contribution in [0.1, 0.15) is 25.0 Å². The molecule has 28 heavy (non-hydrogen) atoms. The van der Waals surface area contributed by atoms with Gasteiger partial charge < -0.3 is 14.8 Å². The molecule has 6 nitrogen and oxygen atoms in total. The molecule has 7 heteroatoms. The minimum atomic E-state index is -0.282. The van der Waals surface area contributed by atoms with Gasteiger partial charge in [0.05, 0.1) is 18.4 Å². The van der Waals surface area contributed by atoms with Crippen LogP contribution in [0.5, 0.6) is 5.75 Å². The van der Waals surface area contributed by atoms with Crippen LogP contribution in [-0.2, 0) is 27.5 Å². The number of hydrogen-bond acceptors (Lipinski definition) is 4. The lowest BCUT2D eigenvalue weighted by Crippen LogP contribution is -2.45. The monoisotopic (exact) mass is 402 g/mol. The smallest absolute Gasteiger partial charge is 0.265 e. The highest BCUT2D eigenvalue weighted by Crippen LogP contribution is 2.34. The molecule has 1 aliphatic heterocycles. The van der Waals surface area contributed by atoms with Gasteiger partial charge in [0.1, 0.15) is 12.3 Å². The second kappa shape index (κ2) is 9.08. The fourth-order valence-corrected chi connectivity index (χ4v) is 3.04. The molecule has 3 rings (SSSR count). The molecule has 0 bridgehead atoms. The summed E-state index contributed by atoms with van der Waals surface area (Å²) in [5.74, 6) is -0.00983. The molecule has 0 aliphatic carbocycles. The van der Waals surface area contributed by atoms with E-state index in [1.807, 2.05) is 38.1 Å². The van der Waals surface area contributed by atoms with Crippen molar-refractivity contribution < 1.29 is 19.1 Å². The summed E-state index contributed by atoms with van der Waals surface area (Å²) < 4.78 is 11.1. The predicted molar refractivity (Wildman–Crippen MR) is 108 cm³/mol. The first-order chi connectivity index (χ1) is 13.4. The largest absolute Gasteiger partial charge is 0.482 e. The third kappa shape index (κ3) is 5.03. The summed E-state index contributed by atoms with van der Waals surface area (Å²) in [6.07, 6.45) is 0.127. The number of benzene rings is 2. The Morgan fingerprint density at radius 1 is 1.25 bits per heavy atom. The van der Waals surface area contributed by atoms with Gasteiger partial charge in [-0.25, -0.2) is 0 Å². The number of hydrogen-bond donors (Lipinski definition) is 1. The maximum Gasteiger partial charge on any atom is 0.265 e. The van der Waals surface area contributed by atoms with Crippen LogP contribution >= 0.6 is 11.6 Å². The van der Waals surface area contributed by atoms with Crippen molar-refractivity contribution >= 4 is 29.1 Å². The van der Waals surface area contributed by atoms with Crippen molar-refractivity contribution in [3.05, 3.63) is 58.6 Å². The number of nitrogens with one attached hydrogen (secondary N) is 1. The van der Waals surface area contributed by atoms with Gasteiger partial charge in [0.25, 0.3) is 5.91 Å². The van der Waals surface area contributed by atoms with Crippen molar-refractivity contribution in [2.45, 2.75) is 33.1 Å². The Morgan fingerprint density at radius 3 is 2.75 bits per heavy atom. The van der Waals surface area contributed by atoms with Crippen LogP contribution in [0.2, 0.25) is 5.02 Å². The van der Waals surface area contributed by atoms with Crippen molar-refractivity contribution in [3.8, 4) is 5.75 Å². The number of fused-ring (bicyclic) bond motifs is 1. The quantitative estimate of drug-likeness (QED) is 0.771. The van der Waals surface area contributed by atoms with Gasteiger partial charge in [-0.15, -0.1) is 0 Å². The molecule has 1 aliphatic rings. The van der Waals surface area contributed by atoms with Gasteiger partial charge in [-0.05, 0) is 43.2 Å². The van der Waals surface area contributed by atoms with E-state index >= 15 is 0 Å². The number of nitrogens with zero attached hydrogens (tertiary/aromatic N) is 1. The van der Waals surface area contributed by atoms with E-state index in [9.17, 15) is 9.59 Å². The second-order valence-electron chi connectivity index (χ2n) is 6.79. The molecule has 0 fully saturated rings. The number of anilines is 1. The minimum Gasteiger partial charge on any atom is -0.482 e. The zero-order valence-electron chi connectivity index (χ0n) is 15.9. The molecule has 1 heterocycles. The summed E-state index contributed by atoms with van der Waals surface area (Å²) in [7, 11) is 0. The summed E-state index contributed by atoms with van der Waals surface area (Å²) in [4.78, 5) is 26.1. The molecule has 2 aromatic rings. The summed E-state index contributed by atoms with van der Waals surface area (Å²) >= 11 is 6.03. The predicted octanol–water partition coefficient (Wildman–Crippen LogP) is 3.31. The zero-order chi connectivity index (χ0) is 20.1. The minimum absolute atomic E-state index is 0.0970. The van der Waals surface area contributed by atoms with Gasteiger partial charge in [0.2, 0.25) is 5.91 Å². The molecular weight excluding hydrogens is 380 g/mol. The van der Waals surface area contributed by atoms with Crippen LogP contribution in [-0.4, -0.2) is 31.1 Å². The van der Waals surface area contributed by atoms with Gasteiger partial charge in [-0.2, -0.15) is 0 Å². The molecule has 2 aromatic carbocycles. The molecular formula is C21H23ClN2O4. The fourth-order valence-electron chi connectivity index (χ4n) is 2.87. The Labute approximate surface area is 169 Å². The topological polar surface area (TPSA) is 67.9 Å². The maximum absolute atomic E-state index is 12.5. The van der Waals surface area contributed by atoms with E-state index < -0.39 is 0 Å². The number of halogens is 1. The van der Waals surface area contributed by atoms with Crippen molar-refractivity contribution in [1.82, 2.24) is 5.32 Å². The fraction of sp³-hybridized carbons (Fsp3) is 0.333. The van der Waals surface area contributed by atoms with Crippen LogP contribution in [0.25, 0.3) is 0 Å². The molecule has 0 radical (unpaired) electrons. The molecule has 0 atom stereocenters. The lowest BCUT2D eigenvalue weighted by atomic mass is 10.1. The van der Waals surface area contributed by atoms with Gasteiger partial charge >= 0.3 is 0 Å². The van der Waals surface area contributed by atoms with Crippen LogP contribution in [0.15, 0.2) is 42.5 Å². The van der Waals surface area contributed by atoms with E-state index in [1.54, 1.807) is 18.2 Å². The number of rotatable bonds is 7. The van der Waals surface area contributed by atoms with Gasteiger partial charge in [0.15, 0.2) is 6.61 Å². The second-order valence-corrected chi connectivity index (χ2v) is 7.22. The maximum atomic E-state index is 12.5. The van der Waals surface area contributed by atoms with Crippen molar-refractivity contribution in [3.63, 3.8) is 0 Å². The van der Waals surface area contributed by atoms with Crippen molar-refractivity contribution in [1.29, 1.82) is 0 Å². The lowest BCUT2D eigenvalue weighted by Gasteiger charge is -2.29. The number of amides is 2. The first-order valence-electron chi connectivity index (χ1n) is 9.12. The summed E-state index contributed by atoms with van der Waals surface area (Å²) in [5.41, 5.74) is 2.51. The van der Waals surface area contributed by atoms with Gasteiger partial charge in [0, 0.05) is 11.6 Å². The van der Waals surface area contributed by atoms with E-state index in [0.717, 1.165) is 11.1 Å². The Kier molecular flexibility index (Phi) is 6.54. The Morgan fingerprint density at radius 2 is 2.00 bits per heavy atom. The van der Waals surface area contributed by atoms with Crippen LogP contribution in [0, 0.1) is 0 Å². The number of carbonyl (C=O) groups is 2. The van der Waals surface area contributed by atoms with E-state index in [-0.39, 0.29) is 31.1 Å². The van der Waals surface area contributed by atoms with E-state index in [4.69, 9.17) is 21.1 Å². The third-order valence-corrected chi connectivity index (χ3v) is 4.57. The third-order valence-electron chi connectivity index (χ3n) is 4.33. The highest BCUT2D eigenvalue weighted by atomic mass is 35.5. The molecule has 0 saturated carbocycles. The van der Waals surface area contributed by atoms with Gasteiger partial charge in [-0.3, -0.25) is 14.5 Å². The lowest BCUT2D eigenvalue weighted by molar-refractivity contribution is -0.125. The molecule has 1 N–H and O–H groups in total. The number of carbonyl (C=O) groups excluding carboxylic acids is 2.